The van der Waals surface area contributed by atoms with Crippen LogP contribution in [-0.4, -0.2) is 27.0 Å². The summed E-state index contributed by atoms with van der Waals surface area (Å²) in [6.45, 7) is 0. The van der Waals surface area contributed by atoms with E-state index in [4.69, 9.17) is 4.74 Å². The van der Waals surface area contributed by atoms with E-state index in [9.17, 15) is 5.11 Å². The average Bonchev–Trinajstić information content (AvgIpc) is 2.87. The summed E-state index contributed by atoms with van der Waals surface area (Å²) in [5.74, 6) is 0.563. The standard InChI is InChI=1S/C15H15N3O2/c1-18-14(13(20-2)9-17-18)15(19)12-8-16-7-10-5-3-4-6-11(10)12/h3-9,15,19H,1-2H3. The maximum atomic E-state index is 10.7. The molecule has 0 aliphatic heterocycles. The fraction of sp³-hybridized carbons (Fsp3) is 0.200. The zero-order chi connectivity index (χ0) is 14.1. The van der Waals surface area contributed by atoms with Gasteiger partial charge in [0.1, 0.15) is 11.8 Å². The van der Waals surface area contributed by atoms with Crippen molar-refractivity contribution in [3.05, 3.63) is 54.1 Å². The van der Waals surface area contributed by atoms with Crippen LogP contribution >= 0.6 is 0 Å². The minimum absolute atomic E-state index is 0.563. The van der Waals surface area contributed by atoms with Crippen molar-refractivity contribution < 1.29 is 9.84 Å². The molecule has 1 aromatic carbocycles. The molecule has 3 aromatic rings. The summed E-state index contributed by atoms with van der Waals surface area (Å²) in [5.41, 5.74) is 1.36. The lowest BCUT2D eigenvalue weighted by molar-refractivity contribution is 0.205. The lowest BCUT2D eigenvalue weighted by Gasteiger charge is -2.15. The van der Waals surface area contributed by atoms with E-state index >= 15 is 0 Å². The molecule has 5 heteroatoms. The van der Waals surface area contributed by atoms with Crippen LogP contribution < -0.4 is 4.74 Å². The Kier molecular flexibility index (Phi) is 3.12. The van der Waals surface area contributed by atoms with Gasteiger partial charge in [0.05, 0.1) is 13.3 Å². The Bertz CT molecular complexity index is 746. The first-order valence-electron chi connectivity index (χ1n) is 6.29. The van der Waals surface area contributed by atoms with Crippen molar-refractivity contribution in [2.75, 3.05) is 7.11 Å². The summed E-state index contributed by atoms with van der Waals surface area (Å²) in [5, 5.41) is 16.8. The highest BCUT2D eigenvalue weighted by molar-refractivity contribution is 5.85. The van der Waals surface area contributed by atoms with E-state index in [-0.39, 0.29) is 0 Å². The second kappa shape index (κ2) is 4.94. The van der Waals surface area contributed by atoms with Crippen LogP contribution in [0.5, 0.6) is 5.75 Å². The van der Waals surface area contributed by atoms with E-state index in [0.717, 1.165) is 16.3 Å². The van der Waals surface area contributed by atoms with Crippen molar-refractivity contribution in [2.24, 2.45) is 7.05 Å². The van der Waals surface area contributed by atoms with Gasteiger partial charge in [-0.05, 0) is 5.39 Å². The van der Waals surface area contributed by atoms with Gasteiger partial charge in [0.2, 0.25) is 0 Å². The Morgan fingerprint density at radius 3 is 2.80 bits per heavy atom. The van der Waals surface area contributed by atoms with Crippen LogP contribution in [0.4, 0.5) is 0 Å². The second-order valence-corrected chi connectivity index (χ2v) is 4.57. The number of ether oxygens (including phenoxy) is 1. The number of aliphatic hydroxyl groups excluding tert-OH is 1. The molecule has 1 N–H and O–H groups in total. The van der Waals surface area contributed by atoms with Crippen molar-refractivity contribution in [2.45, 2.75) is 6.10 Å². The van der Waals surface area contributed by atoms with Crippen LogP contribution in [0, 0.1) is 0 Å². The minimum atomic E-state index is -0.837. The molecule has 102 valence electrons. The van der Waals surface area contributed by atoms with Gasteiger partial charge in [0.15, 0.2) is 5.75 Å². The number of aryl methyl sites for hydroxylation is 1. The summed E-state index contributed by atoms with van der Waals surface area (Å²) in [7, 11) is 3.34. The summed E-state index contributed by atoms with van der Waals surface area (Å²) < 4.78 is 6.87. The highest BCUT2D eigenvalue weighted by Crippen LogP contribution is 2.32. The van der Waals surface area contributed by atoms with Gasteiger partial charge in [-0.15, -0.1) is 0 Å². The van der Waals surface area contributed by atoms with E-state index in [1.807, 2.05) is 24.3 Å². The average molecular weight is 269 g/mol. The third-order valence-corrected chi connectivity index (χ3v) is 3.42. The molecule has 3 rings (SSSR count). The van der Waals surface area contributed by atoms with E-state index < -0.39 is 6.10 Å². The third kappa shape index (κ3) is 1.92. The van der Waals surface area contributed by atoms with Crippen LogP contribution in [0.2, 0.25) is 0 Å². The SMILES string of the molecule is COc1cnn(C)c1C(O)c1cncc2ccccc12. The predicted octanol–water partition coefficient (Wildman–Crippen LogP) is 2.06. The largest absolute Gasteiger partial charge is 0.493 e. The van der Waals surface area contributed by atoms with Gasteiger partial charge < -0.3 is 9.84 Å². The van der Waals surface area contributed by atoms with Crippen LogP contribution in [-0.2, 0) is 7.05 Å². The van der Waals surface area contributed by atoms with Gasteiger partial charge in [-0.2, -0.15) is 5.10 Å². The number of pyridine rings is 1. The zero-order valence-corrected chi connectivity index (χ0v) is 11.3. The fourth-order valence-corrected chi connectivity index (χ4v) is 2.40. The van der Waals surface area contributed by atoms with Crippen LogP contribution in [0.25, 0.3) is 10.8 Å². The smallest absolute Gasteiger partial charge is 0.162 e. The Balaban J connectivity index is 2.17. The second-order valence-electron chi connectivity index (χ2n) is 4.57. The Morgan fingerprint density at radius 1 is 1.20 bits per heavy atom. The maximum Gasteiger partial charge on any atom is 0.162 e. The molecule has 0 aliphatic rings. The van der Waals surface area contributed by atoms with Crippen molar-refractivity contribution in [3.63, 3.8) is 0 Å². The maximum absolute atomic E-state index is 10.7. The van der Waals surface area contributed by atoms with Crippen LogP contribution in [0.15, 0.2) is 42.9 Å². The third-order valence-electron chi connectivity index (χ3n) is 3.42. The number of fused-ring (bicyclic) bond motifs is 1. The monoisotopic (exact) mass is 269 g/mol. The van der Waals surface area contributed by atoms with Crippen LogP contribution in [0.1, 0.15) is 17.4 Å². The molecule has 5 nitrogen and oxygen atoms in total. The molecule has 0 bridgehead atoms. The van der Waals surface area contributed by atoms with Crippen molar-refractivity contribution in [1.82, 2.24) is 14.8 Å². The van der Waals surface area contributed by atoms with Crippen LogP contribution in [0.3, 0.4) is 0 Å². The number of rotatable bonds is 3. The molecular weight excluding hydrogens is 254 g/mol. The molecule has 2 aromatic heterocycles. The Morgan fingerprint density at radius 2 is 2.00 bits per heavy atom. The number of hydrogen-bond acceptors (Lipinski definition) is 4. The van der Waals surface area contributed by atoms with Crippen molar-refractivity contribution in [1.29, 1.82) is 0 Å². The lowest BCUT2D eigenvalue weighted by Crippen LogP contribution is -2.09. The number of benzene rings is 1. The highest BCUT2D eigenvalue weighted by atomic mass is 16.5. The van der Waals surface area contributed by atoms with Crippen molar-refractivity contribution in [3.8, 4) is 5.75 Å². The van der Waals surface area contributed by atoms with Gasteiger partial charge in [0, 0.05) is 30.4 Å². The summed E-state index contributed by atoms with van der Waals surface area (Å²) in [4.78, 5) is 4.20. The molecule has 0 aliphatic carbocycles. The normalized spacial score (nSPS) is 12.6. The topological polar surface area (TPSA) is 60.2 Å². The summed E-state index contributed by atoms with van der Waals surface area (Å²) in [6.07, 6.45) is 4.22. The molecule has 0 saturated carbocycles. The fourth-order valence-electron chi connectivity index (χ4n) is 2.40. The highest BCUT2D eigenvalue weighted by Gasteiger charge is 2.22. The molecule has 0 radical (unpaired) electrons. The zero-order valence-electron chi connectivity index (χ0n) is 11.3. The molecule has 0 amide bonds. The van der Waals surface area contributed by atoms with E-state index in [1.165, 1.54) is 0 Å². The summed E-state index contributed by atoms with van der Waals surface area (Å²) >= 11 is 0. The van der Waals surface area contributed by atoms with Gasteiger partial charge >= 0.3 is 0 Å². The molecule has 2 heterocycles. The Hall–Kier alpha value is -2.40. The molecule has 0 saturated heterocycles. The van der Waals surface area contributed by atoms with Gasteiger partial charge in [0.25, 0.3) is 0 Å². The predicted molar refractivity (Wildman–Crippen MR) is 75.6 cm³/mol. The number of nitrogens with zero attached hydrogens (tertiary/aromatic N) is 3. The molecule has 0 spiro atoms. The first-order chi connectivity index (χ1) is 9.72. The van der Waals surface area contributed by atoms with Crippen molar-refractivity contribution >= 4 is 10.8 Å². The molecular formula is C15H15N3O2. The van der Waals surface area contributed by atoms with Gasteiger partial charge in [-0.3, -0.25) is 9.67 Å². The minimum Gasteiger partial charge on any atom is -0.493 e. The molecule has 1 unspecified atom stereocenters. The quantitative estimate of drug-likeness (QED) is 0.790. The molecule has 20 heavy (non-hydrogen) atoms. The molecule has 0 fully saturated rings. The number of methoxy groups -OCH3 is 1. The Labute approximate surface area is 116 Å². The number of hydrogen-bond donors (Lipinski definition) is 1. The number of aromatic nitrogens is 3. The van der Waals surface area contributed by atoms with E-state index in [1.54, 1.807) is 37.4 Å². The van der Waals surface area contributed by atoms with Gasteiger partial charge in [-0.1, -0.05) is 24.3 Å². The van der Waals surface area contributed by atoms with E-state index in [2.05, 4.69) is 10.1 Å². The molecule has 1 atom stereocenters. The number of aliphatic hydroxyl groups is 1. The first kappa shape index (κ1) is 12.6. The van der Waals surface area contributed by atoms with E-state index in [0.29, 0.717) is 11.4 Å². The van der Waals surface area contributed by atoms with Gasteiger partial charge in [-0.25, -0.2) is 0 Å². The summed E-state index contributed by atoms with van der Waals surface area (Å²) in [6, 6.07) is 7.83. The first-order valence-corrected chi connectivity index (χ1v) is 6.29. The lowest BCUT2D eigenvalue weighted by atomic mass is 10.0.